The van der Waals surface area contributed by atoms with Crippen molar-refractivity contribution in [2.24, 2.45) is 0 Å². The Morgan fingerprint density at radius 3 is 3.00 bits per heavy atom. The van der Waals surface area contributed by atoms with Gasteiger partial charge in [0.15, 0.2) is 5.69 Å². The van der Waals surface area contributed by atoms with Gasteiger partial charge in [-0.2, -0.15) is 5.26 Å². The van der Waals surface area contributed by atoms with Crippen LogP contribution in [0.3, 0.4) is 0 Å². The summed E-state index contributed by atoms with van der Waals surface area (Å²) in [6.07, 6.45) is 3.32. The van der Waals surface area contributed by atoms with Crippen LogP contribution in [0.4, 0.5) is 5.69 Å². The fraction of sp³-hybridized carbons (Fsp3) is 0.100. The zero-order valence-corrected chi connectivity index (χ0v) is 8.06. The number of nitrogens with one attached hydrogen (secondary N) is 1. The van der Waals surface area contributed by atoms with Crippen LogP contribution in [-0.4, -0.2) is 15.3 Å². The van der Waals surface area contributed by atoms with Gasteiger partial charge in [-0.1, -0.05) is 0 Å². The summed E-state index contributed by atoms with van der Waals surface area (Å²) < 4.78 is 1.70. The number of aromatic nitrogens is 2. The molecule has 0 bridgehead atoms. The summed E-state index contributed by atoms with van der Waals surface area (Å²) in [6.45, 7) is 1.44. The van der Waals surface area contributed by atoms with E-state index >= 15 is 0 Å². The number of nitrogens with zero attached hydrogens (tertiary/aromatic N) is 3. The predicted octanol–water partition coefficient (Wildman–Crippen LogP) is 1.16. The second kappa shape index (κ2) is 3.42. The molecule has 74 valence electrons. The number of anilines is 1. The first-order chi connectivity index (χ1) is 7.19. The second-order valence-corrected chi connectivity index (χ2v) is 3.10. The van der Waals surface area contributed by atoms with Crippen molar-refractivity contribution < 1.29 is 4.79 Å². The molecule has 0 aliphatic heterocycles. The molecule has 2 rings (SSSR count). The number of carbonyl (C=O) groups is 1. The topological polar surface area (TPSA) is 70.2 Å². The van der Waals surface area contributed by atoms with Gasteiger partial charge in [-0.3, -0.25) is 4.79 Å². The average Bonchev–Trinajstić information content (AvgIpc) is 2.58. The molecule has 1 amide bonds. The maximum absolute atomic E-state index is 10.8. The van der Waals surface area contributed by atoms with Gasteiger partial charge in [-0.15, -0.1) is 0 Å². The molecule has 0 unspecified atom stereocenters. The number of amides is 1. The van der Waals surface area contributed by atoms with Gasteiger partial charge in [0.25, 0.3) is 0 Å². The van der Waals surface area contributed by atoms with Crippen LogP contribution < -0.4 is 5.32 Å². The number of fused-ring (bicyclic) bond motifs is 1. The predicted molar refractivity (Wildman–Crippen MR) is 54.2 cm³/mol. The fourth-order valence-corrected chi connectivity index (χ4v) is 1.32. The van der Waals surface area contributed by atoms with Crippen molar-refractivity contribution in [2.75, 3.05) is 5.32 Å². The fourth-order valence-electron chi connectivity index (χ4n) is 1.32. The summed E-state index contributed by atoms with van der Waals surface area (Å²) in [6, 6.07) is 5.44. The number of rotatable bonds is 1. The Morgan fingerprint density at radius 1 is 1.53 bits per heavy atom. The minimum Gasteiger partial charge on any atom is -0.325 e. The molecule has 5 nitrogen and oxygen atoms in total. The normalized spacial score (nSPS) is 9.87. The van der Waals surface area contributed by atoms with Crippen molar-refractivity contribution in [3.05, 3.63) is 30.2 Å². The summed E-state index contributed by atoms with van der Waals surface area (Å²) in [4.78, 5) is 14.9. The van der Waals surface area contributed by atoms with E-state index in [4.69, 9.17) is 5.26 Å². The molecule has 2 aromatic rings. The number of hydrogen-bond acceptors (Lipinski definition) is 3. The molecule has 0 spiro atoms. The summed E-state index contributed by atoms with van der Waals surface area (Å²) in [5, 5.41) is 11.3. The van der Waals surface area contributed by atoms with Gasteiger partial charge in [-0.05, 0) is 12.1 Å². The highest BCUT2D eigenvalue weighted by atomic mass is 16.1. The van der Waals surface area contributed by atoms with Crippen molar-refractivity contribution >= 4 is 17.2 Å². The zero-order valence-electron chi connectivity index (χ0n) is 8.06. The molecule has 2 heterocycles. The van der Waals surface area contributed by atoms with Crippen LogP contribution in [0.5, 0.6) is 0 Å². The Hall–Kier alpha value is -2.35. The molecule has 15 heavy (non-hydrogen) atoms. The Kier molecular flexibility index (Phi) is 2.10. The smallest absolute Gasteiger partial charge is 0.221 e. The average molecular weight is 200 g/mol. The van der Waals surface area contributed by atoms with Gasteiger partial charge in [0, 0.05) is 19.3 Å². The summed E-state index contributed by atoms with van der Waals surface area (Å²) in [5.41, 5.74) is 1.72. The van der Waals surface area contributed by atoms with Crippen LogP contribution in [0.1, 0.15) is 12.6 Å². The quantitative estimate of drug-likeness (QED) is 0.751. The zero-order chi connectivity index (χ0) is 10.8. The van der Waals surface area contributed by atoms with E-state index in [2.05, 4.69) is 10.3 Å². The lowest BCUT2D eigenvalue weighted by Gasteiger charge is -2.01. The minimum atomic E-state index is -0.130. The van der Waals surface area contributed by atoms with E-state index in [0.717, 1.165) is 0 Å². The number of nitriles is 1. The third kappa shape index (κ3) is 1.79. The molecule has 0 aliphatic carbocycles. The third-order valence-corrected chi connectivity index (χ3v) is 1.89. The van der Waals surface area contributed by atoms with Gasteiger partial charge in [0.05, 0.1) is 5.69 Å². The Balaban J connectivity index is 2.47. The lowest BCUT2D eigenvalue weighted by molar-refractivity contribution is -0.114. The van der Waals surface area contributed by atoms with E-state index in [-0.39, 0.29) is 5.91 Å². The molecule has 0 saturated heterocycles. The molecule has 5 heteroatoms. The number of carbonyl (C=O) groups excluding carboxylic acids is 1. The Bertz CT molecular complexity index is 564. The van der Waals surface area contributed by atoms with Crippen molar-refractivity contribution in [3.63, 3.8) is 0 Å². The van der Waals surface area contributed by atoms with E-state index in [1.54, 1.807) is 28.9 Å². The van der Waals surface area contributed by atoms with Crippen LogP contribution in [-0.2, 0) is 4.79 Å². The summed E-state index contributed by atoms with van der Waals surface area (Å²) in [7, 11) is 0. The van der Waals surface area contributed by atoms with Gasteiger partial charge in [-0.25, -0.2) is 4.98 Å². The molecular weight excluding hydrogens is 192 g/mol. The molecule has 2 aromatic heterocycles. The molecule has 0 fully saturated rings. The van der Waals surface area contributed by atoms with E-state index < -0.39 is 0 Å². The molecule has 0 aliphatic rings. The van der Waals surface area contributed by atoms with Crippen LogP contribution in [0.15, 0.2) is 24.5 Å². The molecule has 1 N–H and O–H groups in total. The molecule has 0 saturated carbocycles. The monoisotopic (exact) mass is 200 g/mol. The molecular formula is C10H8N4O. The van der Waals surface area contributed by atoms with E-state index in [1.165, 1.54) is 6.92 Å². The SMILES string of the molecule is CC(=O)Nc1ccc2nc(C#N)cn2c1. The Labute approximate surface area is 86.0 Å². The van der Waals surface area contributed by atoms with Crippen LogP contribution in [0.2, 0.25) is 0 Å². The van der Waals surface area contributed by atoms with Gasteiger partial charge in [0.1, 0.15) is 11.7 Å². The molecule has 0 aromatic carbocycles. The van der Waals surface area contributed by atoms with Gasteiger partial charge >= 0.3 is 0 Å². The van der Waals surface area contributed by atoms with E-state index in [0.29, 0.717) is 17.0 Å². The van der Waals surface area contributed by atoms with Crippen molar-refractivity contribution in [3.8, 4) is 6.07 Å². The van der Waals surface area contributed by atoms with Crippen molar-refractivity contribution in [1.82, 2.24) is 9.38 Å². The molecule has 0 radical (unpaired) electrons. The highest BCUT2D eigenvalue weighted by molar-refractivity contribution is 5.88. The summed E-state index contributed by atoms with van der Waals surface area (Å²) >= 11 is 0. The number of pyridine rings is 1. The first kappa shape index (κ1) is 9.21. The van der Waals surface area contributed by atoms with Gasteiger partial charge in [0.2, 0.25) is 5.91 Å². The van der Waals surface area contributed by atoms with Crippen LogP contribution in [0.25, 0.3) is 5.65 Å². The number of hydrogen-bond donors (Lipinski definition) is 1. The second-order valence-electron chi connectivity index (χ2n) is 3.10. The highest BCUT2D eigenvalue weighted by Crippen LogP contribution is 2.11. The first-order valence-corrected chi connectivity index (χ1v) is 4.35. The highest BCUT2D eigenvalue weighted by Gasteiger charge is 2.01. The van der Waals surface area contributed by atoms with Crippen LogP contribution >= 0.6 is 0 Å². The maximum atomic E-state index is 10.8. The largest absolute Gasteiger partial charge is 0.325 e. The maximum Gasteiger partial charge on any atom is 0.221 e. The Morgan fingerprint density at radius 2 is 2.33 bits per heavy atom. The van der Waals surface area contributed by atoms with E-state index in [9.17, 15) is 4.79 Å². The summed E-state index contributed by atoms with van der Waals surface area (Å²) in [5.74, 6) is -0.130. The first-order valence-electron chi connectivity index (χ1n) is 4.35. The van der Waals surface area contributed by atoms with Crippen molar-refractivity contribution in [1.29, 1.82) is 5.26 Å². The lowest BCUT2D eigenvalue weighted by atomic mass is 10.4. The number of imidazole rings is 1. The van der Waals surface area contributed by atoms with E-state index in [1.807, 2.05) is 6.07 Å². The molecule has 0 atom stereocenters. The standard InChI is InChI=1S/C10H8N4O/c1-7(15)12-8-2-3-10-13-9(4-11)6-14(10)5-8/h2-3,5-6H,1H3,(H,12,15). The minimum absolute atomic E-state index is 0.130. The third-order valence-electron chi connectivity index (χ3n) is 1.89. The lowest BCUT2D eigenvalue weighted by Crippen LogP contribution is -2.06. The van der Waals surface area contributed by atoms with Crippen LogP contribution in [0, 0.1) is 11.3 Å². The van der Waals surface area contributed by atoms with Crippen molar-refractivity contribution in [2.45, 2.75) is 6.92 Å². The van der Waals surface area contributed by atoms with Gasteiger partial charge < -0.3 is 9.72 Å².